The van der Waals surface area contributed by atoms with Gasteiger partial charge >= 0.3 is 0 Å². The predicted molar refractivity (Wildman–Crippen MR) is 75.3 cm³/mol. The lowest BCUT2D eigenvalue weighted by Gasteiger charge is -2.32. The van der Waals surface area contributed by atoms with Gasteiger partial charge in [-0.25, -0.2) is 0 Å². The fourth-order valence-electron chi connectivity index (χ4n) is 2.59. The first-order valence-electron chi connectivity index (χ1n) is 6.53. The van der Waals surface area contributed by atoms with Gasteiger partial charge in [0, 0.05) is 18.3 Å². The summed E-state index contributed by atoms with van der Waals surface area (Å²) >= 11 is 0. The molecule has 0 heterocycles. The first-order chi connectivity index (χ1) is 9.65. The molecule has 106 valence electrons. The van der Waals surface area contributed by atoms with E-state index in [9.17, 15) is 9.59 Å². The number of carbonyl (C=O) groups is 2. The van der Waals surface area contributed by atoms with Crippen LogP contribution < -0.4 is 9.47 Å². The van der Waals surface area contributed by atoms with Crippen LogP contribution >= 0.6 is 0 Å². The fourth-order valence-corrected chi connectivity index (χ4v) is 2.59. The molecule has 0 saturated heterocycles. The van der Waals surface area contributed by atoms with Gasteiger partial charge in [0.15, 0.2) is 17.3 Å². The zero-order valence-electron chi connectivity index (χ0n) is 11.7. The van der Waals surface area contributed by atoms with Crippen molar-refractivity contribution in [3.63, 3.8) is 0 Å². The summed E-state index contributed by atoms with van der Waals surface area (Å²) in [5, 5.41) is 0. The van der Waals surface area contributed by atoms with Crippen molar-refractivity contribution < 1.29 is 19.1 Å². The molecule has 0 aliphatic heterocycles. The minimum atomic E-state index is -0.421. The lowest BCUT2D eigenvalue weighted by Crippen LogP contribution is -2.28. The van der Waals surface area contributed by atoms with Gasteiger partial charge in [-0.2, -0.15) is 0 Å². The molecule has 0 aromatic heterocycles. The van der Waals surface area contributed by atoms with E-state index < -0.39 is 5.41 Å². The maximum atomic E-state index is 11.4. The van der Waals surface area contributed by atoms with Gasteiger partial charge in [-0.05, 0) is 30.2 Å². The molecular formula is C16H18O4. The highest BCUT2D eigenvalue weighted by molar-refractivity contribution is 5.91. The van der Waals surface area contributed by atoms with Crippen molar-refractivity contribution in [2.75, 3.05) is 14.2 Å². The summed E-state index contributed by atoms with van der Waals surface area (Å²) in [4.78, 5) is 22.4. The van der Waals surface area contributed by atoms with Crippen LogP contribution in [0.25, 0.3) is 0 Å². The SMILES string of the molecule is COc1ccc(C2(CC=O)C=CC(=O)CC2)cc1OC. The van der Waals surface area contributed by atoms with E-state index in [4.69, 9.17) is 9.47 Å². The number of hydrogen-bond donors (Lipinski definition) is 0. The molecular weight excluding hydrogens is 256 g/mol. The van der Waals surface area contributed by atoms with Gasteiger partial charge in [-0.1, -0.05) is 12.1 Å². The molecule has 0 bridgehead atoms. The van der Waals surface area contributed by atoms with Crippen LogP contribution in [0.3, 0.4) is 0 Å². The zero-order chi connectivity index (χ0) is 14.6. The molecule has 4 nitrogen and oxygen atoms in total. The number of hydrogen-bond acceptors (Lipinski definition) is 4. The standard InChI is InChI=1S/C16H18O4/c1-19-14-4-3-12(11-15(14)20-2)16(9-10-17)7-5-13(18)6-8-16/h3-5,7,10-11H,6,8-9H2,1-2H3. The molecule has 1 aliphatic carbocycles. The van der Waals surface area contributed by atoms with Crippen molar-refractivity contribution in [3.8, 4) is 11.5 Å². The highest BCUT2D eigenvalue weighted by Crippen LogP contribution is 2.40. The number of carbonyl (C=O) groups excluding carboxylic acids is 2. The highest BCUT2D eigenvalue weighted by atomic mass is 16.5. The summed E-state index contributed by atoms with van der Waals surface area (Å²) in [6.45, 7) is 0. The normalized spacial score (nSPS) is 21.6. The number of ether oxygens (including phenoxy) is 2. The smallest absolute Gasteiger partial charge is 0.161 e. The van der Waals surface area contributed by atoms with Crippen LogP contribution in [-0.2, 0) is 15.0 Å². The molecule has 4 heteroatoms. The van der Waals surface area contributed by atoms with Crippen molar-refractivity contribution in [3.05, 3.63) is 35.9 Å². The molecule has 1 aromatic rings. The molecule has 0 amide bonds. The molecule has 1 atom stereocenters. The summed E-state index contributed by atoms with van der Waals surface area (Å²) in [5.74, 6) is 1.38. The van der Waals surface area contributed by atoms with Gasteiger partial charge in [-0.15, -0.1) is 0 Å². The number of ketones is 1. The lowest BCUT2D eigenvalue weighted by molar-refractivity contribution is -0.116. The van der Waals surface area contributed by atoms with Crippen molar-refractivity contribution in [1.29, 1.82) is 0 Å². The molecule has 0 N–H and O–H groups in total. The Bertz CT molecular complexity index is 547. The van der Waals surface area contributed by atoms with Gasteiger partial charge in [0.05, 0.1) is 14.2 Å². The Balaban J connectivity index is 2.47. The van der Waals surface area contributed by atoms with Crippen molar-refractivity contribution in [2.45, 2.75) is 24.7 Å². The highest BCUT2D eigenvalue weighted by Gasteiger charge is 2.33. The first kappa shape index (κ1) is 14.3. The summed E-state index contributed by atoms with van der Waals surface area (Å²) in [7, 11) is 3.16. The van der Waals surface area contributed by atoms with Gasteiger partial charge in [0.2, 0.25) is 0 Å². The monoisotopic (exact) mass is 274 g/mol. The Morgan fingerprint density at radius 1 is 1.25 bits per heavy atom. The number of benzene rings is 1. The molecule has 0 fully saturated rings. The second-order valence-electron chi connectivity index (χ2n) is 4.90. The van der Waals surface area contributed by atoms with Crippen LogP contribution in [0, 0.1) is 0 Å². The maximum absolute atomic E-state index is 11.4. The van der Waals surface area contributed by atoms with Crippen LogP contribution in [0.4, 0.5) is 0 Å². The van der Waals surface area contributed by atoms with Crippen LogP contribution in [0.15, 0.2) is 30.4 Å². The van der Waals surface area contributed by atoms with Crippen molar-refractivity contribution >= 4 is 12.1 Å². The average Bonchev–Trinajstić information content (AvgIpc) is 2.49. The Hall–Kier alpha value is -2.10. The van der Waals surface area contributed by atoms with Gasteiger partial charge < -0.3 is 14.3 Å². The van der Waals surface area contributed by atoms with Crippen LogP contribution in [0.2, 0.25) is 0 Å². The molecule has 0 saturated carbocycles. The summed E-state index contributed by atoms with van der Waals surface area (Å²) in [6, 6.07) is 5.62. The van der Waals surface area contributed by atoms with Crippen molar-refractivity contribution in [1.82, 2.24) is 0 Å². The second-order valence-corrected chi connectivity index (χ2v) is 4.90. The molecule has 1 aromatic carbocycles. The second kappa shape index (κ2) is 5.90. The molecule has 0 radical (unpaired) electrons. The Labute approximate surface area is 118 Å². The largest absolute Gasteiger partial charge is 0.493 e. The fraction of sp³-hybridized carbons (Fsp3) is 0.375. The Morgan fingerprint density at radius 3 is 2.55 bits per heavy atom. The van der Waals surface area contributed by atoms with E-state index in [1.54, 1.807) is 20.3 Å². The molecule has 20 heavy (non-hydrogen) atoms. The Morgan fingerprint density at radius 2 is 2.00 bits per heavy atom. The third kappa shape index (κ3) is 2.59. The van der Waals surface area contributed by atoms with E-state index in [1.165, 1.54) is 0 Å². The van der Waals surface area contributed by atoms with Gasteiger partial charge in [0.1, 0.15) is 6.29 Å². The first-order valence-corrected chi connectivity index (χ1v) is 6.53. The van der Waals surface area contributed by atoms with Gasteiger partial charge in [0.25, 0.3) is 0 Å². The topological polar surface area (TPSA) is 52.6 Å². The average molecular weight is 274 g/mol. The lowest BCUT2D eigenvalue weighted by atomic mass is 9.71. The van der Waals surface area contributed by atoms with E-state index in [0.29, 0.717) is 30.8 Å². The van der Waals surface area contributed by atoms with Crippen LogP contribution in [0.5, 0.6) is 11.5 Å². The predicted octanol–water partition coefficient (Wildman–Crippen LogP) is 2.45. The van der Waals surface area contributed by atoms with Crippen LogP contribution in [0.1, 0.15) is 24.8 Å². The van der Waals surface area contributed by atoms with E-state index in [1.807, 2.05) is 24.3 Å². The molecule has 2 rings (SSSR count). The number of methoxy groups -OCH3 is 2. The quantitative estimate of drug-likeness (QED) is 0.774. The minimum absolute atomic E-state index is 0.104. The van der Waals surface area contributed by atoms with Gasteiger partial charge in [-0.3, -0.25) is 4.79 Å². The number of allylic oxidation sites excluding steroid dienone is 2. The van der Waals surface area contributed by atoms with E-state index in [-0.39, 0.29) is 5.78 Å². The molecule has 1 aliphatic rings. The number of rotatable bonds is 5. The third-order valence-corrected chi connectivity index (χ3v) is 3.81. The van der Waals surface area contributed by atoms with Crippen LogP contribution in [-0.4, -0.2) is 26.3 Å². The third-order valence-electron chi connectivity index (χ3n) is 3.81. The summed E-state index contributed by atoms with van der Waals surface area (Å²) in [6.07, 6.45) is 5.76. The molecule has 0 spiro atoms. The summed E-state index contributed by atoms with van der Waals surface area (Å²) < 4.78 is 10.5. The Kier molecular flexibility index (Phi) is 4.23. The summed E-state index contributed by atoms with van der Waals surface area (Å²) in [5.41, 5.74) is 0.542. The minimum Gasteiger partial charge on any atom is -0.493 e. The van der Waals surface area contributed by atoms with E-state index in [2.05, 4.69) is 0 Å². The maximum Gasteiger partial charge on any atom is 0.161 e. The number of aldehydes is 1. The van der Waals surface area contributed by atoms with Crippen molar-refractivity contribution in [2.24, 2.45) is 0 Å². The van der Waals surface area contributed by atoms with E-state index >= 15 is 0 Å². The van der Waals surface area contributed by atoms with E-state index in [0.717, 1.165) is 11.8 Å². The zero-order valence-corrected chi connectivity index (χ0v) is 11.7. The molecule has 1 unspecified atom stereocenters.